The first-order valence-electron chi connectivity index (χ1n) is 14.4. The van der Waals surface area contributed by atoms with E-state index in [9.17, 15) is 19.5 Å². The van der Waals surface area contributed by atoms with Gasteiger partial charge in [-0.15, -0.1) is 0 Å². The maximum Gasteiger partial charge on any atom is 0.408 e. The Morgan fingerprint density at radius 2 is 1.82 bits per heavy atom. The SMILES string of the molecule is COc1ccc2c(OC3C[C@@H](C(=O)O)N(C(=O)[C@@H](NC(=O)OC4CCCC4)C(C)C)C3)c3c(nc2c1)CCCC3. The van der Waals surface area contributed by atoms with Gasteiger partial charge in [-0.1, -0.05) is 13.8 Å². The van der Waals surface area contributed by atoms with Gasteiger partial charge in [0.25, 0.3) is 0 Å². The van der Waals surface area contributed by atoms with Crippen LogP contribution < -0.4 is 14.8 Å². The fourth-order valence-electron chi connectivity index (χ4n) is 6.16. The summed E-state index contributed by atoms with van der Waals surface area (Å²) in [4.78, 5) is 44.8. The van der Waals surface area contributed by atoms with Crippen molar-refractivity contribution < 1.29 is 33.7 Å². The maximum atomic E-state index is 13.7. The predicted molar refractivity (Wildman–Crippen MR) is 148 cm³/mol. The minimum Gasteiger partial charge on any atom is -0.497 e. The van der Waals surface area contributed by atoms with Gasteiger partial charge in [0.05, 0.1) is 19.2 Å². The number of pyridine rings is 1. The van der Waals surface area contributed by atoms with E-state index in [1.165, 1.54) is 4.90 Å². The Hall–Kier alpha value is -3.56. The molecule has 216 valence electrons. The molecule has 1 saturated carbocycles. The summed E-state index contributed by atoms with van der Waals surface area (Å²) in [5, 5.41) is 13.6. The molecule has 0 spiro atoms. The smallest absolute Gasteiger partial charge is 0.408 e. The molecule has 2 aromatic rings. The zero-order chi connectivity index (χ0) is 28.4. The number of carboxylic acid groups (broad SMARTS) is 1. The van der Waals surface area contributed by atoms with Crippen LogP contribution >= 0.6 is 0 Å². The second-order valence-electron chi connectivity index (χ2n) is 11.5. The molecule has 2 aliphatic carbocycles. The van der Waals surface area contributed by atoms with Crippen molar-refractivity contribution in [1.29, 1.82) is 0 Å². The molecule has 2 heterocycles. The van der Waals surface area contributed by atoms with Crippen molar-refractivity contribution in [3.05, 3.63) is 29.5 Å². The van der Waals surface area contributed by atoms with Gasteiger partial charge < -0.3 is 29.5 Å². The van der Waals surface area contributed by atoms with Crippen molar-refractivity contribution in [2.75, 3.05) is 13.7 Å². The van der Waals surface area contributed by atoms with Crippen LogP contribution in [0.3, 0.4) is 0 Å². The third-order valence-corrected chi connectivity index (χ3v) is 8.32. The zero-order valence-corrected chi connectivity index (χ0v) is 23.5. The average molecular weight is 554 g/mol. The highest BCUT2D eigenvalue weighted by molar-refractivity contribution is 5.90. The van der Waals surface area contributed by atoms with Crippen LogP contribution in [0.1, 0.15) is 70.1 Å². The van der Waals surface area contributed by atoms with Crippen molar-refractivity contribution in [1.82, 2.24) is 15.2 Å². The standard InChI is InChI=1S/C30H39N3O7/c1-17(2)26(32-30(37)40-18-8-4-5-9-18)28(34)33-16-20(15-25(33)29(35)36)39-27-21-10-6-7-11-23(21)31-24-14-19(38-3)12-13-22(24)27/h12-14,17-18,20,25-26H,4-11,15-16H2,1-3H3,(H,32,37)(H,35,36)/t20?,25-,26-/m0/s1. The molecule has 2 amide bonds. The Morgan fingerprint density at radius 1 is 1.07 bits per heavy atom. The van der Waals surface area contributed by atoms with Crippen LogP contribution in [0.25, 0.3) is 10.9 Å². The normalized spacial score (nSPS) is 21.8. The van der Waals surface area contributed by atoms with Crippen LogP contribution in [-0.4, -0.2) is 70.9 Å². The fraction of sp³-hybridized carbons (Fsp3) is 0.600. The lowest BCUT2D eigenvalue weighted by Crippen LogP contribution is -2.54. The summed E-state index contributed by atoms with van der Waals surface area (Å²) in [6.45, 7) is 3.75. The molecule has 1 aromatic heterocycles. The van der Waals surface area contributed by atoms with Gasteiger partial charge in [0.1, 0.15) is 35.8 Å². The summed E-state index contributed by atoms with van der Waals surface area (Å²) in [6, 6.07) is 3.70. The molecule has 5 rings (SSSR count). The molecule has 3 aliphatic rings. The number of fused-ring (bicyclic) bond motifs is 2. The number of rotatable bonds is 8. The van der Waals surface area contributed by atoms with Crippen molar-refractivity contribution >= 4 is 28.9 Å². The second kappa shape index (κ2) is 11.9. The summed E-state index contributed by atoms with van der Waals surface area (Å²) in [6.07, 6.45) is 6.28. The van der Waals surface area contributed by atoms with Crippen LogP contribution in [0.4, 0.5) is 4.79 Å². The molecule has 1 aliphatic heterocycles. The number of hydrogen-bond acceptors (Lipinski definition) is 7. The van der Waals surface area contributed by atoms with Crippen molar-refractivity contribution in [3.63, 3.8) is 0 Å². The molecule has 2 N–H and O–H groups in total. The lowest BCUT2D eigenvalue weighted by atomic mass is 9.93. The summed E-state index contributed by atoms with van der Waals surface area (Å²) >= 11 is 0. The van der Waals surface area contributed by atoms with E-state index in [4.69, 9.17) is 19.2 Å². The van der Waals surface area contributed by atoms with Crippen LogP contribution in [-0.2, 0) is 27.2 Å². The summed E-state index contributed by atoms with van der Waals surface area (Å²) < 4.78 is 17.5. The van der Waals surface area contributed by atoms with Gasteiger partial charge in [-0.2, -0.15) is 0 Å². The second-order valence-corrected chi connectivity index (χ2v) is 11.5. The van der Waals surface area contributed by atoms with Gasteiger partial charge >= 0.3 is 12.1 Å². The highest BCUT2D eigenvalue weighted by atomic mass is 16.6. The molecular formula is C30H39N3O7. The average Bonchev–Trinajstić information content (AvgIpc) is 3.61. The van der Waals surface area contributed by atoms with Gasteiger partial charge in [0, 0.05) is 29.1 Å². The minimum atomic E-state index is -1.10. The zero-order valence-electron chi connectivity index (χ0n) is 23.5. The van der Waals surface area contributed by atoms with Crippen molar-refractivity contribution in [2.24, 2.45) is 5.92 Å². The quantitative estimate of drug-likeness (QED) is 0.497. The number of benzene rings is 1. The van der Waals surface area contributed by atoms with Gasteiger partial charge in [-0.05, 0) is 69.4 Å². The summed E-state index contributed by atoms with van der Waals surface area (Å²) in [5.41, 5.74) is 2.81. The molecule has 3 atom stereocenters. The number of carbonyl (C=O) groups excluding carboxylic acids is 2. The lowest BCUT2D eigenvalue weighted by Gasteiger charge is -2.29. The predicted octanol–water partition coefficient (Wildman–Crippen LogP) is 4.25. The number of alkyl carbamates (subject to hydrolysis) is 1. The number of aryl methyl sites for hydroxylation is 1. The van der Waals surface area contributed by atoms with Crippen LogP contribution in [0.15, 0.2) is 18.2 Å². The van der Waals surface area contributed by atoms with E-state index < -0.39 is 36.2 Å². The number of aromatic nitrogens is 1. The number of likely N-dealkylation sites (tertiary alicyclic amines) is 1. The maximum absolute atomic E-state index is 13.7. The first kappa shape index (κ1) is 28.0. The molecule has 1 saturated heterocycles. The Kier molecular flexibility index (Phi) is 8.32. The van der Waals surface area contributed by atoms with Crippen LogP contribution in [0, 0.1) is 5.92 Å². The molecule has 1 unspecified atom stereocenters. The van der Waals surface area contributed by atoms with E-state index in [0.29, 0.717) is 11.5 Å². The number of aliphatic carboxylic acids is 1. The Balaban J connectivity index is 1.37. The molecule has 0 bridgehead atoms. The first-order valence-corrected chi connectivity index (χ1v) is 14.4. The number of nitrogens with zero attached hydrogens (tertiary/aromatic N) is 2. The number of nitrogens with one attached hydrogen (secondary N) is 1. The minimum absolute atomic E-state index is 0.104. The van der Waals surface area contributed by atoms with Gasteiger partial charge in [0.2, 0.25) is 5.91 Å². The molecule has 1 aromatic carbocycles. The number of methoxy groups -OCH3 is 1. The van der Waals surface area contributed by atoms with E-state index in [1.807, 2.05) is 32.0 Å². The first-order chi connectivity index (χ1) is 19.2. The number of carboxylic acids is 1. The summed E-state index contributed by atoms with van der Waals surface area (Å²) in [7, 11) is 1.61. The van der Waals surface area contributed by atoms with E-state index in [2.05, 4.69) is 5.32 Å². The Labute approximate surface area is 234 Å². The molecular weight excluding hydrogens is 514 g/mol. The monoisotopic (exact) mass is 553 g/mol. The largest absolute Gasteiger partial charge is 0.497 e. The molecule has 10 nitrogen and oxygen atoms in total. The van der Waals surface area contributed by atoms with E-state index in [1.54, 1.807) is 7.11 Å². The molecule has 0 radical (unpaired) electrons. The highest BCUT2D eigenvalue weighted by Crippen LogP contribution is 2.38. The third-order valence-electron chi connectivity index (χ3n) is 8.32. The summed E-state index contributed by atoms with van der Waals surface area (Å²) in [5.74, 6) is -0.386. The van der Waals surface area contributed by atoms with E-state index >= 15 is 0 Å². The third kappa shape index (κ3) is 5.81. The van der Waals surface area contributed by atoms with E-state index in [-0.39, 0.29) is 25.0 Å². The Morgan fingerprint density at radius 3 is 2.52 bits per heavy atom. The molecule has 10 heteroatoms. The number of hydrogen-bond donors (Lipinski definition) is 2. The number of carbonyl (C=O) groups is 3. The topological polar surface area (TPSA) is 127 Å². The van der Waals surface area contributed by atoms with Gasteiger partial charge in [-0.3, -0.25) is 9.78 Å². The van der Waals surface area contributed by atoms with Gasteiger partial charge in [0.15, 0.2) is 0 Å². The fourth-order valence-corrected chi connectivity index (χ4v) is 6.16. The van der Waals surface area contributed by atoms with Crippen molar-refractivity contribution in [2.45, 2.75) is 95.9 Å². The highest BCUT2D eigenvalue weighted by Gasteiger charge is 2.44. The number of ether oxygens (including phenoxy) is 3. The van der Waals surface area contributed by atoms with E-state index in [0.717, 1.165) is 73.5 Å². The molecule has 2 fully saturated rings. The Bertz CT molecular complexity index is 1270. The molecule has 40 heavy (non-hydrogen) atoms. The van der Waals surface area contributed by atoms with Crippen LogP contribution in [0.2, 0.25) is 0 Å². The van der Waals surface area contributed by atoms with Crippen LogP contribution in [0.5, 0.6) is 11.5 Å². The lowest BCUT2D eigenvalue weighted by molar-refractivity contribution is -0.149. The number of amides is 2. The van der Waals surface area contributed by atoms with Crippen molar-refractivity contribution in [3.8, 4) is 11.5 Å². The van der Waals surface area contributed by atoms with Gasteiger partial charge in [-0.25, -0.2) is 9.59 Å².